The molecule has 0 aliphatic carbocycles. The zero-order valence-electron chi connectivity index (χ0n) is 22.9. The van der Waals surface area contributed by atoms with Gasteiger partial charge < -0.3 is 15.3 Å². The fourth-order valence-corrected chi connectivity index (χ4v) is 4.47. The number of rotatable bonds is 25. The number of unbranched alkanes of at least 4 members (excludes halogenated alkanes) is 14. The van der Waals surface area contributed by atoms with Crippen molar-refractivity contribution in [3.8, 4) is 0 Å². The van der Waals surface area contributed by atoms with Gasteiger partial charge in [0.1, 0.15) is 0 Å². The van der Waals surface area contributed by atoms with Gasteiger partial charge in [0, 0.05) is 19.3 Å². The highest BCUT2D eigenvalue weighted by Crippen LogP contribution is 2.26. The molecule has 0 saturated carbocycles. The van der Waals surface area contributed by atoms with E-state index in [9.17, 15) is 29.7 Å². The highest BCUT2D eigenvalue weighted by Gasteiger charge is 2.53. The first-order valence-electron chi connectivity index (χ1n) is 14.4. The Balaban J connectivity index is 5.14. The molecule has 6 heteroatoms. The fraction of sp³-hybridized carbons (Fsp3) is 0.897. The van der Waals surface area contributed by atoms with Crippen LogP contribution in [0.1, 0.15) is 149 Å². The second-order valence-electron chi connectivity index (χ2n) is 10.2. The van der Waals surface area contributed by atoms with Gasteiger partial charge in [-0.25, -0.2) is 0 Å². The van der Waals surface area contributed by atoms with Crippen molar-refractivity contribution < 1.29 is 29.7 Å². The lowest BCUT2D eigenvalue weighted by Gasteiger charge is -2.34. The molecule has 0 aromatic rings. The number of ketones is 3. The van der Waals surface area contributed by atoms with Crippen molar-refractivity contribution in [1.29, 1.82) is 0 Å². The Hall–Kier alpha value is -1.11. The van der Waals surface area contributed by atoms with Crippen LogP contribution < -0.4 is 0 Å². The van der Waals surface area contributed by atoms with Crippen LogP contribution in [0.4, 0.5) is 0 Å². The van der Waals surface area contributed by atoms with Crippen molar-refractivity contribution in [2.45, 2.75) is 167 Å². The number of hydrogen-bond donors (Lipinski definition) is 3. The predicted octanol–water partition coefficient (Wildman–Crippen LogP) is 6.01. The van der Waals surface area contributed by atoms with Crippen LogP contribution in [0.2, 0.25) is 0 Å². The smallest absolute Gasteiger partial charge is 0.189 e. The Bertz CT molecular complexity index is 542. The van der Waals surface area contributed by atoms with Gasteiger partial charge in [-0.15, -0.1) is 0 Å². The van der Waals surface area contributed by atoms with Crippen LogP contribution in [0.25, 0.3) is 0 Å². The van der Waals surface area contributed by atoms with Crippen molar-refractivity contribution in [2.75, 3.05) is 0 Å². The molecular weight excluding hydrogens is 444 g/mol. The SMILES string of the molecule is CCCCCCCCCC(=O)C(O)(C(O)C(=O)CCCCCCC)C(O)C(=O)CCCCCCC. The summed E-state index contributed by atoms with van der Waals surface area (Å²) >= 11 is 0. The summed E-state index contributed by atoms with van der Waals surface area (Å²) in [5, 5.41) is 32.7. The maximum atomic E-state index is 13.0. The first-order valence-corrected chi connectivity index (χ1v) is 14.4. The summed E-state index contributed by atoms with van der Waals surface area (Å²) in [7, 11) is 0. The second kappa shape index (κ2) is 21.0. The van der Waals surface area contributed by atoms with Gasteiger partial charge in [0.2, 0.25) is 0 Å². The summed E-state index contributed by atoms with van der Waals surface area (Å²) in [6, 6.07) is 0. The number of carbonyl (C=O) groups is 3. The lowest BCUT2D eigenvalue weighted by molar-refractivity contribution is -0.181. The summed E-state index contributed by atoms with van der Waals surface area (Å²) in [5.74, 6) is -2.19. The van der Waals surface area contributed by atoms with Crippen molar-refractivity contribution in [3.63, 3.8) is 0 Å². The van der Waals surface area contributed by atoms with Crippen LogP contribution in [0.15, 0.2) is 0 Å². The van der Waals surface area contributed by atoms with Gasteiger partial charge in [-0.3, -0.25) is 14.4 Å². The van der Waals surface area contributed by atoms with E-state index in [1.54, 1.807) is 0 Å². The molecule has 3 N–H and O–H groups in total. The third kappa shape index (κ3) is 13.7. The summed E-state index contributed by atoms with van der Waals surface area (Å²) in [5.41, 5.74) is -2.77. The quantitative estimate of drug-likeness (QED) is 0.133. The van der Waals surface area contributed by atoms with Gasteiger partial charge in [-0.1, -0.05) is 111 Å². The zero-order chi connectivity index (χ0) is 26.5. The van der Waals surface area contributed by atoms with E-state index in [2.05, 4.69) is 20.8 Å². The Morgan fingerprint density at radius 3 is 1.14 bits per heavy atom. The van der Waals surface area contributed by atoms with Gasteiger partial charge in [0.05, 0.1) is 0 Å². The van der Waals surface area contributed by atoms with Gasteiger partial charge in [-0.2, -0.15) is 0 Å². The molecule has 0 amide bonds. The Kier molecular flexibility index (Phi) is 20.4. The molecule has 0 aliphatic rings. The maximum Gasteiger partial charge on any atom is 0.189 e. The Morgan fingerprint density at radius 2 is 0.800 bits per heavy atom. The minimum Gasteiger partial charge on any atom is -0.382 e. The molecule has 0 radical (unpaired) electrons. The number of carbonyl (C=O) groups excluding carboxylic acids is 3. The molecule has 0 bridgehead atoms. The van der Waals surface area contributed by atoms with Crippen molar-refractivity contribution >= 4 is 17.3 Å². The molecule has 2 atom stereocenters. The van der Waals surface area contributed by atoms with Gasteiger partial charge in [0.15, 0.2) is 35.2 Å². The van der Waals surface area contributed by atoms with E-state index >= 15 is 0 Å². The van der Waals surface area contributed by atoms with Crippen molar-refractivity contribution in [1.82, 2.24) is 0 Å². The monoisotopic (exact) mass is 498 g/mol. The molecule has 0 rings (SSSR count). The zero-order valence-corrected chi connectivity index (χ0v) is 22.9. The van der Waals surface area contributed by atoms with Crippen molar-refractivity contribution in [3.05, 3.63) is 0 Å². The molecule has 206 valence electrons. The van der Waals surface area contributed by atoms with Crippen LogP contribution in [-0.2, 0) is 14.4 Å². The third-order valence-electron chi connectivity index (χ3n) is 6.95. The molecule has 0 fully saturated rings. The van der Waals surface area contributed by atoms with E-state index in [4.69, 9.17) is 0 Å². The Labute approximate surface area is 214 Å². The number of aliphatic hydroxyl groups excluding tert-OH is 2. The van der Waals surface area contributed by atoms with Crippen molar-refractivity contribution in [2.24, 2.45) is 0 Å². The summed E-state index contributed by atoms with van der Waals surface area (Å²) < 4.78 is 0. The average molecular weight is 499 g/mol. The first kappa shape index (κ1) is 33.9. The number of Topliss-reactive ketones (excluding diaryl/α,β-unsaturated/α-hetero) is 3. The molecule has 0 aromatic heterocycles. The third-order valence-corrected chi connectivity index (χ3v) is 6.95. The lowest BCUT2D eigenvalue weighted by Crippen LogP contribution is -2.63. The minimum absolute atomic E-state index is 0.00975. The molecule has 0 heterocycles. The molecule has 0 spiro atoms. The molecular formula is C29H54O6. The molecule has 6 nitrogen and oxygen atoms in total. The molecule has 35 heavy (non-hydrogen) atoms. The highest BCUT2D eigenvalue weighted by molar-refractivity contribution is 6.01. The van der Waals surface area contributed by atoms with Crippen LogP contribution in [0, 0.1) is 0 Å². The summed E-state index contributed by atoms with van der Waals surface area (Å²) in [6.07, 6.45) is 11.5. The van der Waals surface area contributed by atoms with E-state index in [0.29, 0.717) is 19.3 Å². The topological polar surface area (TPSA) is 112 Å². The van der Waals surface area contributed by atoms with E-state index in [1.165, 1.54) is 6.42 Å². The standard InChI is InChI=1S/C29H54O6/c1-4-7-10-13-14-17-20-23-26(32)29(35,27(33)24(30)21-18-15-11-8-5-2)28(34)25(31)22-19-16-12-9-6-3/h27-28,33-35H,4-23H2,1-3H3. The van der Waals surface area contributed by atoms with Gasteiger partial charge in [0.25, 0.3) is 0 Å². The normalized spacial score (nSPS) is 14.9. The minimum atomic E-state index is -2.77. The molecule has 0 aliphatic heterocycles. The lowest BCUT2D eigenvalue weighted by atomic mass is 9.78. The number of aliphatic hydroxyl groups is 3. The molecule has 2 unspecified atom stereocenters. The van der Waals surface area contributed by atoms with Crippen LogP contribution in [-0.4, -0.2) is 50.5 Å². The predicted molar refractivity (Wildman–Crippen MR) is 141 cm³/mol. The summed E-state index contributed by atoms with van der Waals surface area (Å²) in [6.45, 7) is 6.33. The molecule has 0 aromatic carbocycles. The van der Waals surface area contributed by atoms with E-state index in [0.717, 1.165) is 83.5 Å². The first-order chi connectivity index (χ1) is 16.8. The van der Waals surface area contributed by atoms with Gasteiger partial charge >= 0.3 is 0 Å². The van der Waals surface area contributed by atoms with Crippen LogP contribution in [0.5, 0.6) is 0 Å². The largest absolute Gasteiger partial charge is 0.382 e. The average Bonchev–Trinajstić information content (AvgIpc) is 2.85. The molecule has 0 saturated heterocycles. The number of hydrogen-bond acceptors (Lipinski definition) is 6. The second-order valence-corrected chi connectivity index (χ2v) is 10.2. The van der Waals surface area contributed by atoms with Crippen LogP contribution >= 0.6 is 0 Å². The van der Waals surface area contributed by atoms with Gasteiger partial charge in [-0.05, 0) is 19.3 Å². The Morgan fingerprint density at radius 1 is 0.514 bits per heavy atom. The maximum absolute atomic E-state index is 13.0. The fourth-order valence-electron chi connectivity index (χ4n) is 4.47. The van der Waals surface area contributed by atoms with E-state index in [-0.39, 0.29) is 19.3 Å². The van der Waals surface area contributed by atoms with E-state index in [1.807, 2.05) is 0 Å². The summed E-state index contributed by atoms with van der Waals surface area (Å²) in [4.78, 5) is 38.4. The highest BCUT2D eigenvalue weighted by atomic mass is 16.4. The van der Waals surface area contributed by atoms with Crippen LogP contribution in [0.3, 0.4) is 0 Å². The van der Waals surface area contributed by atoms with E-state index < -0.39 is 35.2 Å².